The van der Waals surface area contributed by atoms with E-state index in [1.165, 1.54) is 197 Å². The number of rotatable bonds is 4. The van der Waals surface area contributed by atoms with Crippen LogP contribution in [-0.2, 0) is 0 Å². The topological polar surface area (TPSA) is 0 Å². The van der Waals surface area contributed by atoms with Crippen molar-refractivity contribution in [1.29, 1.82) is 0 Å². The summed E-state index contributed by atoms with van der Waals surface area (Å²) < 4.78 is 0. The highest BCUT2D eigenvalue weighted by molar-refractivity contribution is 6.48. The monoisotopic (exact) mass is 934 g/mol. The average Bonchev–Trinajstić information content (AvgIpc) is 4.10. The Morgan fingerprint density at radius 2 is 0.514 bits per heavy atom. The van der Waals surface area contributed by atoms with Crippen LogP contribution in [-0.4, -0.2) is 0 Å². The number of fused-ring (bicyclic) bond motifs is 12. The molecule has 1 aliphatic rings. The van der Waals surface area contributed by atoms with Crippen molar-refractivity contribution in [3.63, 3.8) is 0 Å². The third kappa shape index (κ3) is 4.98. The van der Waals surface area contributed by atoms with Gasteiger partial charge in [-0.25, -0.2) is 0 Å². The minimum atomic E-state index is 1.28. The van der Waals surface area contributed by atoms with Gasteiger partial charge >= 0.3 is 0 Å². The van der Waals surface area contributed by atoms with Crippen molar-refractivity contribution < 1.29 is 0 Å². The fraction of sp³-hybridized carbons (Fsp3) is 0.0541. The maximum atomic E-state index is 2.56. The van der Waals surface area contributed by atoms with Gasteiger partial charge in [-0.15, -0.1) is 0 Å². The van der Waals surface area contributed by atoms with E-state index in [4.69, 9.17) is 0 Å². The third-order valence-corrected chi connectivity index (χ3v) is 17.8. The Hall–Kier alpha value is -9.10. The summed E-state index contributed by atoms with van der Waals surface area (Å²) in [7, 11) is 0. The van der Waals surface area contributed by atoms with Gasteiger partial charge in [0.05, 0.1) is 0 Å². The van der Waals surface area contributed by atoms with E-state index in [9.17, 15) is 0 Å². The van der Waals surface area contributed by atoms with Crippen LogP contribution in [0.5, 0.6) is 0 Å². The molecule has 0 heterocycles. The summed E-state index contributed by atoms with van der Waals surface area (Å²) in [5, 5.41) is 26.7. The molecular formula is C74H46. The predicted octanol–water partition coefficient (Wildman–Crippen LogP) is 21.1. The van der Waals surface area contributed by atoms with E-state index in [2.05, 4.69) is 234 Å². The predicted molar refractivity (Wildman–Crippen MR) is 320 cm³/mol. The highest BCUT2D eigenvalue weighted by Gasteiger charge is 2.32. The molecule has 0 heteroatoms. The molecule has 0 amide bonds. The summed E-state index contributed by atoms with van der Waals surface area (Å²) in [5.74, 6) is 0. The molecule has 0 aromatic heterocycles. The Balaban J connectivity index is 1.04. The number of hydrogen-bond donors (Lipinski definition) is 0. The van der Waals surface area contributed by atoms with Gasteiger partial charge in [0.15, 0.2) is 0 Å². The van der Waals surface area contributed by atoms with Crippen LogP contribution in [0.1, 0.15) is 22.3 Å². The Morgan fingerprint density at radius 3 is 0.946 bits per heavy atom. The van der Waals surface area contributed by atoms with Gasteiger partial charge in [0, 0.05) is 0 Å². The molecule has 74 heavy (non-hydrogen) atoms. The molecule has 0 saturated heterocycles. The van der Waals surface area contributed by atoms with Crippen LogP contribution in [0, 0.1) is 27.7 Å². The Kier molecular flexibility index (Phi) is 7.83. The van der Waals surface area contributed by atoms with Crippen LogP contribution < -0.4 is 0 Å². The SMILES string of the molecule is Cc1ccccc1-c1ccc(-c2ccccc2C)c2c1-c1ccc3c4ccc5c6c(-c7ccccc7C)c7cc8c(cc7c(-c7ccccc7C)c6c6ccc(c7ccc-2c1c37)c4c56)c1cccc2cccc8c21. The van der Waals surface area contributed by atoms with Crippen LogP contribution in [0.2, 0.25) is 0 Å². The highest BCUT2D eigenvalue weighted by Crippen LogP contribution is 2.60. The standard InChI is InChI=1S/C74H46/c1-39-15-5-9-21-44(39)50-27-28-51(45-22-10-6-16-40(45)2)70-57-34-30-53-55-32-36-59-72-58(35-31-54(68(55)72)52-29-33-56(69(50)70)71(57)67(52)53)73-65(46-23-11-7-17-41(46)3)62-37-60-48-25-13-19-43-20-14-26-49(64(43)48)61(60)38-63(62)66(74(59)73)47-24-12-8-18-42(47)4/h5-38H,1-4H3. The largest absolute Gasteiger partial charge is 0.0620 e. The van der Waals surface area contributed by atoms with Crippen LogP contribution in [0.15, 0.2) is 206 Å². The number of hydrogen-bond acceptors (Lipinski definition) is 0. The van der Waals surface area contributed by atoms with E-state index >= 15 is 0 Å². The van der Waals surface area contributed by atoms with Gasteiger partial charge in [0.25, 0.3) is 0 Å². The Morgan fingerprint density at radius 1 is 0.176 bits per heavy atom. The smallest absolute Gasteiger partial charge is 0.000730 e. The molecule has 16 aromatic carbocycles. The molecule has 0 saturated carbocycles. The summed E-state index contributed by atoms with van der Waals surface area (Å²) in [6.45, 7) is 9.09. The van der Waals surface area contributed by atoms with Crippen molar-refractivity contribution in [1.82, 2.24) is 0 Å². The minimum Gasteiger partial charge on any atom is -0.0620 e. The molecule has 17 rings (SSSR count). The van der Waals surface area contributed by atoms with E-state index < -0.39 is 0 Å². The minimum absolute atomic E-state index is 1.28. The Bertz CT molecular complexity index is 4850. The second-order valence-corrected chi connectivity index (χ2v) is 21.5. The summed E-state index contributed by atoms with van der Waals surface area (Å²) in [6, 6.07) is 79.3. The fourth-order valence-corrected chi connectivity index (χ4v) is 14.7. The molecule has 0 N–H and O–H groups in total. The second kappa shape index (κ2) is 14.3. The van der Waals surface area contributed by atoms with E-state index in [1.807, 2.05) is 0 Å². The van der Waals surface area contributed by atoms with Gasteiger partial charge in [-0.1, -0.05) is 194 Å². The molecular weight excluding hydrogens is 889 g/mol. The van der Waals surface area contributed by atoms with Crippen LogP contribution in [0.25, 0.3) is 174 Å². The molecule has 0 aliphatic heterocycles. The first-order valence-electron chi connectivity index (χ1n) is 26.3. The van der Waals surface area contributed by atoms with Gasteiger partial charge in [0.1, 0.15) is 0 Å². The van der Waals surface area contributed by atoms with E-state index in [0.717, 1.165) is 0 Å². The van der Waals surface area contributed by atoms with E-state index in [-0.39, 0.29) is 0 Å². The van der Waals surface area contributed by atoms with E-state index in [1.54, 1.807) is 0 Å². The highest BCUT2D eigenvalue weighted by atomic mass is 14.3. The second-order valence-electron chi connectivity index (χ2n) is 21.5. The summed E-state index contributed by atoms with van der Waals surface area (Å²) in [5.41, 5.74) is 20.9. The molecule has 0 spiro atoms. The summed E-state index contributed by atoms with van der Waals surface area (Å²) >= 11 is 0. The van der Waals surface area contributed by atoms with Crippen LogP contribution in [0.4, 0.5) is 0 Å². The first-order valence-corrected chi connectivity index (χ1v) is 26.3. The molecule has 0 unspecified atom stereocenters. The van der Waals surface area contributed by atoms with Crippen molar-refractivity contribution in [2.24, 2.45) is 0 Å². The van der Waals surface area contributed by atoms with Crippen molar-refractivity contribution in [3.8, 4) is 66.8 Å². The first-order chi connectivity index (χ1) is 36.4. The van der Waals surface area contributed by atoms with Crippen molar-refractivity contribution in [2.45, 2.75) is 27.7 Å². The summed E-state index contributed by atoms with van der Waals surface area (Å²) in [4.78, 5) is 0. The molecule has 16 aromatic rings. The average molecular weight is 935 g/mol. The third-order valence-electron chi connectivity index (χ3n) is 17.8. The van der Waals surface area contributed by atoms with Gasteiger partial charge in [0.2, 0.25) is 0 Å². The molecule has 0 atom stereocenters. The van der Waals surface area contributed by atoms with Gasteiger partial charge < -0.3 is 0 Å². The Labute approximate surface area is 428 Å². The lowest BCUT2D eigenvalue weighted by molar-refractivity contribution is 1.44. The fourth-order valence-electron chi connectivity index (χ4n) is 14.7. The van der Waals surface area contributed by atoms with Gasteiger partial charge in [-0.3, -0.25) is 0 Å². The van der Waals surface area contributed by atoms with Crippen LogP contribution >= 0.6 is 0 Å². The lowest BCUT2D eigenvalue weighted by Crippen LogP contribution is -1.92. The number of aryl methyl sites for hydroxylation is 4. The van der Waals surface area contributed by atoms with Crippen molar-refractivity contribution >= 4 is 108 Å². The lowest BCUT2D eigenvalue weighted by atomic mass is 9.84. The molecule has 0 bridgehead atoms. The number of benzene rings is 14. The molecule has 1 aliphatic carbocycles. The van der Waals surface area contributed by atoms with Crippen LogP contribution in [0.3, 0.4) is 0 Å². The molecule has 0 radical (unpaired) electrons. The van der Waals surface area contributed by atoms with Gasteiger partial charge in [-0.2, -0.15) is 0 Å². The summed E-state index contributed by atoms with van der Waals surface area (Å²) in [6.07, 6.45) is 0. The van der Waals surface area contributed by atoms with Crippen molar-refractivity contribution in [3.05, 3.63) is 229 Å². The lowest BCUT2D eigenvalue weighted by Gasteiger charge is -2.19. The maximum absolute atomic E-state index is 2.56. The normalized spacial score (nSPS) is 12.6. The van der Waals surface area contributed by atoms with E-state index in [0.29, 0.717) is 0 Å². The van der Waals surface area contributed by atoms with Crippen molar-refractivity contribution in [2.75, 3.05) is 0 Å². The maximum Gasteiger partial charge on any atom is -0.000730 e. The zero-order chi connectivity index (χ0) is 48.8. The zero-order valence-corrected chi connectivity index (χ0v) is 41.6. The first kappa shape index (κ1) is 40.5. The molecule has 0 nitrogen and oxygen atoms in total. The van der Waals surface area contributed by atoms with Gasteiger partial charge in [-0.05, 0) is 237 Å². The quantitative estimate of drug-likeness (QED) is 0.122. The molecule has 0 fully saturated rings. The zero-order valence-electron chi connectivity index (χ0n) is 41.6. The molecule has 342 valence electrons.